The third-order valence-corrected chi connectivity index (χ3v) is 5.03. The van der Waals surface area contributed by atoms with Crippen LogP contribution in [0.25, 0.3) is 0 Å². The third kappa shape index (κ3) is 3.09. The number of hydrogen-bond acceptors (Lipinski definition) is 1. The van der Waals surface area contributed by atoms with Gasteiger partial charge in [-0.3, -0.25) is 0 Å². The van der Waals surface area contributed by atoms with Gasteiger partial charge in [0.1, 0.15) is 0 Å². The Bertz CT molecular complexity index is 426. The van der Waals surface area contributed by atoms with Crippen LogP contribution in [-0.4, -0.2) is 0 Å². The number of rotatable bonds is 3. The molecule has 0 aromatic heterocycles. The quantitative estimate of drug-likeness (QED) is 0.821. The SMILES string of the molecule is CCCc1ccc(C2(N)CCCCC2C(C)(C)C)cc1. The van der Waals surface area contributed by atoms with Gasteiger partial charge in [-0.15, -0.1) is 0 Å². The Kier molecular flexibility index (Phi) is 4.59. The molecule has 1 nitrogen and oxygen atoms in total. The topological polar surface area (TPSA) is 26.0 Å². The van der Waals surface area contributed by atoms with E-state index in [1.165, 1.54) is 43.2 Å². The lowest BCUT2D eigenvalue weighted by Gasteiger charge is -2.48. The van der Waals surface area contributed by atoms with Gasteiger partial charge in [-0.05, 0) is 41.7 Å². The van der Waals surface area contributed by atoms with Crippen molar-refractivity contribution in [3.63, 3.8) is 0 Å². The van der Waals surface area contributed by atoms with Crippen molar-refractivity contribution in [1.82, 2.24) is 0 Å². The van der Waals surface area contributed by atoms with Crippen LogP contribution in [0.1, 0.15) is 70.9 Å². The van der Waals surface area contributed by atoms with Gasteiger partial charge in [0.15, 0.2) is 0 Å². The molecule has 1 fully saturated rings. The molecule has 0 bridgehead atoms. The highest BCUT2D eigenvalue weighted by molar-refractivity contribution is 5.30. The molecule has 1 aromatic carbocycles. The summed E-state index contributed by atoms with van der Waals surface area (Å²) in [5.41, 5.74) is 9.85. The summed E-state index contributed by atoms with van der Waals surface area (Å²) in [4.78, 5) is 0. The van der Waals surface area contributed by atoms with Crippen LogP contribution in [-0.2, 0) is 12.0 Å². The van der Waals surface area contributed by atoms with E-state index in [9.17, 15) is 0 Å². The van der Waals surface area contributed by atoms with E-state index in [0.29, 0.717) is 5.92 Å². The van der Waals surface area contributed by atoms with Gasteiger partial charge >= 0.3 is 0 Å². The molecule has 0 saturated heterocycles. The lowest BCUT2D eigenvalue weighted by Crippen LogP contribution is -2.51. The second-order valence-corrected chi connectivity index (χ2v) is 7.65. The molecule has 0 heterocycles. The predicted octanol–water partition coefficient (Wildman–Crippen LogP) is 5.03. The largest absolute Gasteiger partial charge is 0.321 e. The van der Waals surface area contributed by atoms with Gasteiger partial charge in [0.25, 0.3) is 0 Å². The predicted molar refractivity (Wildman–Crippen MR) is 87.7 cm³/mol. The second-order valence-electron chi connectivity index (χ2n) is 7.65. The monoisotopic (exact) mass is 273 g/mol. The summed E-state index contributed by atoms with van der Waals surface area (Å²) in [7, 11) is 0. The molecule has 0 radical (unpaired) electrons. The van der Waals surface area contributed by atoms with Crippen molar-refractivity contribution in [3.05, 3.63) is 35.4 Å². The van der Waals surface area contributed by atoms with E-state index in [-0.39, 0.29) is 11.0 Å². The van der Waals surface area contributed by atoms with Gasteiger partial charge in [0, 0.05) is 5.54 Å². The van der Waals surface area contributed by atoms with Crippen molar-refractivity contribution in [2.45, 2.75) is 71.8 Å². The molecule has 1 aromatic rings. The Balaban J connectivity index is 2.30. The van der Waals surface area contributed by atoms with Gasteiger partial charge in [-0.1, -0.05) is 71.2 Å². The van der Waals surface area contributed by atoms with Gasteiger partial charge in [0.05, 0.1) is 0 Å². The summed E-state index contributed by atoms with van der Waals surface area (Å²) in [5, 5.41) is 0. The van der Waals surface area contributed by atoms with E-state index in [2.05, 4.69) is 52.0 Å². The minimum atomic E-state index is -0.138. The fraction of sp³-hybridized carbons (Fsp3) is 0.684. The summed E-state index contributed by atoms with van der Waals surface area (Å²) in [6.07, 6.45) is 7.35. The minimum Gasteiger partial charge on any atom is -0.321 e. The van der Waals surface area contributed by atoms with E-state index >= 15 is 0 Å². The molecule has 1 aliphatic carbocycles. The highest BCUT2D eigenvalue weighted by atomic mass is 14.8. The van der Waals surface area contributed by atoms with Gasteiger partial charge < -0.3 is 5.73 Å². The van der Waals surface area contributed by atoms with E-state index in [1.54, 1.807) is 0 Å². The summed E-state index contributed by atoms with van der Waals surface area (Å²) < 4.78 is 0. The molecule has 2 unspecified atom stereocenters. The van der Waals surface area contributed by atoms with E-state index in [0.717, 1.165) is 6.42 Å². The smallest absolute Gasteiger partial charge is 0.0443 e. The molecule has 2 N–H and O–H groups in total. The van der Waals surface area contributed by atoms with Crippen LogP contribution >= 0.6 is 0 Å². The van der Waals surface area contributed by atoms with Crippen LogP contribution in [0.15, 0.2) is 24.3 Å². The summed E-state index contributed by atoms with van der Waals surface area (Å²) >= 11 is 0. The lowest BCUT2D eigenvalue weighted by atomic mass is 9.60. The molecule has 1 heteroatoms. The summed E-state index contributed by atoms with van der Waals surface area (Å²) in [5.74, 6) is 0.570. The third-order valence-electron chi connectivity index (χ3n) is 5.03. The van der Waals surface area contributed by atoms with Gasteiger partial charge in [-0.2, -0.15) is 0 Å². The zero-order valence-corrected chi connectivity index (χ0v) is 13.7. The molecular formula is C19H31N. The highest BCUT2D eigenvalue weighted by Gasteiger charge is 2.44. The standard InChI is InChI=1S/C19H31N/c1-5-8-15-10-12-16(13-11-15)19(20)14-7-6-9-17(19)18(2,3)4/h10-13,17H,5-9,14,20H2,1-4H3. The van der Waals surface area contributed by atoms with Crippen molar-refractivity contribution in [3.8, 4) is 0 Å². The zero-order chi connectivity index (χ0) is 14.8. The molecule has 20 heavy (non-hydrogen) atoms. The average molecular weight is 273 g/mol. The van der Waals surface area contributed by atoms with Crippen LogP contribution in [0.4, 0.5) is 0 Å². The Morgan fingerprint density at radius 3 is 2.35 bits per heavy atom. The Labute approximate surface area is 125 Å². The Morgan fingerprint density at radius 2 is 1.80 bits per heavy atom. The maximum absolute atomic E-state index is 6.93. The first kappa shape index (κ1) is 15.6. The molecule has 112 valence electrons. The number of nitrogens with two attached hydrogens (primary N) is 1. The molecule has 2 rings (SSSR count). The van der Waals surface area contributed by atoms with Crippen molar-refractivity contribution < 1.29 is 0 Å². The fourth-order valence-electron chi connectivity index (χ4n) is 4.02. The van der Waals surface area contributed by atoms with Gasteiger partial charge in [0.2, 0.25) is 0 Å². The van der Waals surface area contributed by atoms with Crippen molar-refractivity contribution >= 4 is 0 Å². The highest BCUT2D eigenvalue weighted by Crippen LogP contribution is 2.48. The molecular weight excluding hydrogens is 242 g/mol. The zero-order valence-electron chi connectivity index (χ0n) is 13.7. The van der Waals surface area contributed by atoms with Crippen molar-refractivity contribution in [2.75, 3.05) is 0 Å². The van der Waals surface area contributed by atoms with Crippen LogP contribution in [0.2, 0.25) is 0 Å². The van der Waals surface area contributed by atoms with E-state index < -0.39 is 0 Å². The lowest BCUT2D eigenvalue weighted by molar-refractivity contribution is 0.0778. The number of aryl methyl sites for hydroxylation is 1. The molecule has 0 aliphatic heterocycles. The molecule has 2 atom stereocenters. The maximum Gasteiger partial charge on any atom is 0.0443 e. The number of benzene rings is 1. The van der Waals surface area contributed by atoms with Crippen LogP contribution in [0.3, 0.4) is 0 Å². The molecule has 0 amide bonds. The summed E-state index contributed by atoms with van der Waals surface area (Å²) in [6, 6.07) is 9.13. The first-order valence-corrected chi connectivity index (χ1v) is 8.26. The van der Waals surface area contributed by atoms with E-state index in [1.807, 2.05) is 0 Å². The second kappa shape index (κ2) is 5.89. The van der Waals surface area contributed by atoms with E-state index in [4.69, 9.17) is 5.73 Å². The average Bonchev–Trinajstić information content (AvgIpc) is 2.39. The number of hydrogen-bond donors (Lipinski definition) is 1. The molecule has 1 saturated carbocycles. The van der Waals surface area contributed by atoms with Crippen molar-refractivity contribution in [2.24, 2.45) is 17.1 Å². The fourth-order valence-corrected chi connectivity index (χ4v) is 4.02. The minimum absolute atomic E-state index is 0.138. The van der Waals surface area contributed by atoms with Crippen LogP contribution in [0.5, 0.6) is 0 Å². The Morgan fingerprint density at radius 1 is 1.15 bits per heavy atom. The van der Waals surface area contributed by atoms with Crippen molar-refractivity contribution in [1.29, 1.82) is 0 Å². The normalized spacial score (nSPS) is 27.6. The van der Waals surface area contributed by atoms with Crippen LogP contribution in [0, 0.1) is 11.3 Å². The Hall–Kier alpha value is -0.820. The summed E-state index contributed by atoms with van der Waals surface area (Å²) in [6.45, 7) is 9.26. The first-order valence-electron chi connectivity index (χ1n) is 8.26. The molecule has 0 spiro atoms. The molecule has 1 aliphatic rings. The first-order chi connectivity index (χ1) is 9.38. The van der Waals surface area contributed by atoms with Crippen LogP contribution < -0.4 is 5.73 Å². The van der Waals surface area contributed by atoms with Gasteiger partial charge in [-0.25, -0.2) is 0 Å². The maximum atomic E-state index is 6.93.